The van der Waals surface area contributed by atoms with Gasteiger partial charge in [-0.05, 0) is 37.0 Å². The Hall–Kier alpha value is -2.10. The Bertz CT molecular complexity index is 637. The van der Waals surface area contributed by atoms with E-state index in [2.05, 4.69) is 9.97 Å². The number of fused-ring (bicyclic) bond motifs is 1. The standard InChI is InChI=1S/C16H15FN2O/c17-12-7-5-11(6-8-12)9-16-18-10-13-14(19-16)3-1-2-4-15(13)20/h5-8,10H,1-4,9H2. The van der Waals surface area contributed by atoms with Gasteiger partial charge in [0.1, 0.15) is 11.6 Å². The van der Waals surface area contributed by atoms with Crippen molar-refractivity contribution >= 4 is 5.78 Å². The highest BCUT2D eigenvalue weighted by Crippen LogP contribution is 2.19. The zero-order chi connectivity index (χ0) is 13.9. The summed E-state index contributed by atoms with van der Waals surface area (Å²) in [6.45, 7) is 0. The molecule has 0 aliphatic heterocycles. The molecule has 0 N–H and O–H groups in total. The van der Waals surface area contributed by atoms with Crippen LogP contribution in [0.3, 0.4) is 0 Å². The van der Waals surface area contributed by atoms with Crippen LogP contribution in [0.15, 0.2) is 30.5 Å². The maximum Gasteiger partial charge on any atom is 0.166 e. The van der Waals surface area contributed by atoms with Crippen molar-refractivity contribution in [1.82, 2.24) is 9.97 Å². The minimum atomic E-state index is -0.248. The summed E-state index contributed by atoms with van der Waals surface area (Å²) in [5.41, 5.74) is 2.50. The third-order valence-corrected chi connectivity index (χ3v) is 3.56. The van der Waals surface area contributed by atoms with Gasteiger partial charge in [-0.15, -0.1) is 0 Å². The number of Topliss-reactive ketones (excluding diaryl/α,β-unsaturated/α-hetero) is 1. The van der Waals surface area contributed by atoms with Crippen LogP contribution in [-0.4, -0.2) is 15.8 Å². The highest BCUT2D eigenvalue weighted by molar-refractivity contribution is 5.97. The largest absolute Gasteiger partial charge is 0.294 e. The molecule has 1 aromatic carbocycles. The summed E-state index contributed by atoms with van der Waals surface area (Å²) in [5.74, 6) is 0.582. The van der Waals surface area contributed by atoms with Crippen LogP contribution in [0, 0.1) is 5.82 Å². The molecule has 0 bridgehead atoms. The third kappa shape index (κ3) is 2.74. The van der Waals surface area contributed by atoms with E-state index < -0.39 is 0 Å². The number of ketones is 1. The number of hydrogen-bond donors (Lipinski definition) is 0. The van der Waals surface area contributed by atoms with Gasteiger partial charge in [-0.25, -0.2) is 14.4 Å². The van der Waals surface area contributed by atoms with Crippen LogP contribution >= 0.6 is 0 Å². The SMILES string of the molecule is O=C1CCCCc2nc(Cc3ccc(F)cc3)ncc21. The van der Waals surface area contributed by atoms with Crippen molar-refractivity contribution in [3.05, 3.63) is 58.9 Å². The Labute approximate surface area is 116 Å². The molecule has 1 aliphatic rings. The Kier molecular flexibility index (Phi) is 3.54. The zero-order valence-corrected chi connectivity index (χ0v) is 11.1. The van der Waals surface area contributed by atoms with Gasteiger partial charge in [0, 0.05) is 19.0 Å². The molecule has 20 heavy (non-hydrogen) atoms. The molecular formula is C16H15FN2O. The van der Waals surface area contributed by atoms with Gasteiger partial charge in [0.05, 0.1) is 11.3 Å². The number of carbonyl (C=O) groups excluding carboxylic acids is 1. The van der Waals surface area contributed by atoms with E-state index in [4.69, 9.17) is 0 Å². The van der Waals surface area contributed by atoms with E-state index in [9.17, 15) is 9.18 Å². The number of aryl methyl sites for hydroxylation is 1. The summed E-state index contributed by atoms with van der Waals surface area (Å²) in [5, 5.41) is 0. The summed E-state index contributed by atoms with van der Waals surface area (Å²) < 4.78 is 12.9. The van der Waals surface area contributed by atoms with Crippen LogP contribution < -0.4 is 0 Å². The van der Waals surface area contributed by atoms with E-state index in [1.165, 1.54) is 12.1 Å². The second kappa shape index (κ2) is 5.49. The predicted molar refractivity (Wildman–Crippen MR) is 73.1 cm³/mol. The number of carbonyl (C=O) groups is 1. The van der Waals surface area contributed by atoms with Crippen LogP contribution in [0.2, 0.25) is 0 Å². The van der Waals surface area contributed by atoms with E-state index in [0.717, 1.165) is 30.5 Å². The highest BCUT2D eigenvalue weighted by atomic mass is 19.1. The molecule has 1 aliphatic carbocycles. The molecular weight excluding hydrogens is 255 g/mol. The first-order valence-electron chi connectivity index (χ1n) is 6.85. The van der Waals surface area contributed by atoms with E-state index in [0.29, 0.717) is 24.2 Å². The van der Waals surface area contributed by atoms with Gasteiger partial charge >= 0.3 is 0 Å². The van der Waals surface area contributed by atoms with Crippen molar-refractivity contribution in [2.45, 2.75) is 32.1 Å². The summed E-state index contributed by atoms with van der Waals surface area (Å²) in [4.78, 5) is 20.7. The zero-order valence-electron chi connectivity index (χ0n) is 11.1. The van der Waals surface area contributed by atoms with Crippen LogP contribution in [-0.2, 0) is 12.8 Å². The van der Waals surface area contributed by atoms with Crippen LogP contribution in [0.1, 0.15) is 46.7 Å². The maximum absolute atomic E-state index is 12.9. The molecule has 0 radical (unpaired) electrons. The number of hydrogen-bond acceptors (Lipinski definition) is 3. The smallest absolute Gasteiger partial charge is 0.166 e. The Morgan fingerprint density at radius 3 is 2.65 bits per heavy atom. The van der Waals surface area contributed by atoms with Crippen molar-refractivity contribution in [2.75, 3.05) is 0 Å². The van der Waals surface area contributed by atoms with Crippen LogP contribution in [0.4, 0.5) is 4.39 Å². The second-order valence-electron chi connectivity index (χ2n) is 5.08. The molecule has 3 nitrogen and oxygen atoms in total. The molecule has 0 fully saturated rings. The number of rotatable bonds is 2. The number of nitrogens with zero attached hydrogens (tertiary/aromatic N) is 2. The third-order valence-electron chi connectivity index (χ3n) is 3.56. The lowest BCUT2D eigenvalue weighted by Crippen LogP contribution is -2.07. The summed E-state index contributed by atoms with van der Waals surface area (Å²) in [6, 6.07) is 6.33. The van der Waals surface area contributed by atoms with E-state index >= 15 is 0 Å². The Morgan fingerprint density at radius 1 is 1.10 bits per heavy atom. The van der Waals surface area contributed by atoms with Crippen molar-refractivity contribution in [2.24, 2.45) is 0 Å². The fourth-order valence-corrected chi connectivity index (χ4v) is 2.46. The molecule has 0 saturated carbocycles. The van der Waals surface area contributed by atoms with Gasteiger partial charge in [0.15, 0.2) is 5.78 Å². The van der Waals surface area contributed by atoms with Crippen molar-refractivity contribution in [1.29, 1.82) is 0 Å². The quantitative estimate of drug-likeness (QED) is 0.787. The molecule has 0 atom stereocenters. The molecule has 1 heterocycles. The topological polar surface area (TPSA) is 42.9 Å². The summed E-state index contributed by atoms with van der Waals surface area (Å²) in [7, 11) is 0. The normalized spacial score (nSPS) is 14.8. The molecule has 0 amide bonds. The minimum Gasteiger partial charge on any atom is -0.294 e. The van der Waals surface area contributed by atoms with Gasteiger partial charge < -0.3 is 0 Å². The van der Waals surface area contributed by atoms with Crippen molar-refractivity contribution in [3.63, 3.8) is 0 Å². The average Bonchev–Trinajstić information content (AvgIpc) is 2.63. The Balaban J connectivity index is 1.86. The molecule has 0 saturated heterocycles. The first-order valence-corrected chi connectivity index (χ1v) is 6.85. The molecule has 3 rings (SSSR count). The van der Waals surface area contributed by atoms with Crippen molar-refractivity contribution < 1.29 is 9.18 Å². The number of halogens is 1. The minimum absolute atomic E-state index is 0.144. The highest BCUT2D eigenvalue weighted by Gasteiger charge is 2.17. The van der Waals surface area contributed by atoms with Gasteiger partial charge in [-0.1, -0.05) is 12.1 Å². The van der Waals surface area contributed by atoms with Crippen LogP contribution in [0.25, 0.3) is 0 Å². The number of benzene rings is 1. The average molecular weight is 270 g/mol. The number of aromatic nitrogens is 2. The monoisotopic (exact) mass is 270 g/mol. The Morgan fingerprint density at radius 2 is 1.85 bits per heavy atom. The molecule has 1 aromatic heterocycles. The molecule has 2 aromatic rings. The molecule has 0 spiro atoms. The fraction of sp³-hybridized carbons (Fsp3) is 0.312. The first-order chi connectivity index (χ1) is 9.72. The van der Waals surface area contributed by atoms with Gasteiger partial charge in [0.2, 0.25) is 0 Å². The van der Waals surface area contributed by atoms with Crippen LogP contribution in [0.5, 0.6) is 0 Å². The second-order valence-corrected chi connectivity index (χ2v) is 5.08. The van der Waals surface area contributed by atoms with Gasteiger partial charge in [0.25, 0.3) is 0 Å². The lowest BCUT2D eigenvalue weighted by molar-refractivity contribution is 0.0981. The van der Waals surface area contributed by atoms with Gasteiger partial charge in [-0.3, -0.25) is 4.79 Å². The lowest BCUT2D eigenvalue weighted by atomic mass is 10.1. The lowest BCUT2D eigenvalue weighted by Gasteiger charge is -2.06. The molecule has 4 heteroatoms. The van der Waals surface area contributed by atoms with E-state index in [1.807, 2.05) is 0 Å². The first kappa shape index (κ1) is 12.9. The summed E-state index contributed by atoms with van der Waals surface area (Å²) in [6.07, 6.45) is 5.54. The maximum atomic E-state index is 12.9. The van der Waals surface area contributed by atoms with E-state index in [-0.39, 0.29) is 11.6 Å². The fourth-order valence-electron chi connectivity index (χ4n) is 2.46. The van der Waals surface area contributed by atoms with Gasteiger partial charge in [-0.2, -0.15) is 0 Å². The molecule has 0 unspecified atom stereocenters. The van der Waals surface area contributed by atoms with Crippen molar-refractivity contribution in [3.8, 4) is 0 Å². The molecule has 102 valence electrons. The predicted octanol–water partition coefficient (Wildman–Crippen LogP) is 3.12. The van der Waals surface area contributed by atoms with E-state index in [1.54, 1.807) is 18.3 Å². The summed E-state index contributed by atoms with van der Waals surface area (Å²) >= 11 is 0.